The minimum absolute atomic E-state index is 0.198. The van der Waals surface area contributed by atoms with E-state index in [9.17, 15) is 14.4 Å². The predicted molar refractivity (Wildman–Crippen MR) is 98.4 cm³/mol. The number of ether oxygens (including phenoxy) is 3. The Bertz CT molecular complexity index is 873. The third-order valence-corrected chi connectivity index (χ3v) is 4.14. The monoisotopic (exact) mass is 393 g/mol. The molecule has 0 bridgehead atoms. The van der Waals surface area contributed by atoms with E-state index in [1.807, 2.05) is 0 Å². The number of halogens is 1. The van der Waals surface area contributed by atoms with Gasteiger partial charge in [0.15, 0.2) is 12.7 Å². The van der Waals surface area contributed by atoms with E-state index < -0.39 is 23.8 Å². The van der Waals surface area contributed by atoms with Crippen LogP contribution in [0.25, 0.3) is 0 Å². The molecule has 1 aromatic carbocycles. The number of methoxy groups -OCH3 is 1. The molecule has 0 aliphatic rings. The number of Topliss-reactive ketones (excluding diaryl/α,β-unsaturated/α-hetero) is 1. The van der Waals surface area contributed by atoms with Crippen molar-refractivity contribution in [2.24, 2.45) is 0 Å². The highest BCUT2D eigenvalue weighted by Gasteiger charge is 2.27. The van der Waals surface area contributed by atoms with E-state index in [1.54, 1.807) is 38.1 Å². The highest BCUT2D eigenvalue weighted by molar-refractivity contribution is 6.30. The summed E-state index contributed by atoms with van der Waals surface area (Å²) in [6.07, 6.45) is -1.05. The summed E-state index contributed by atoms with van der Waals surface area (Å²) in [4.78, 5) is 39.2. The van der Waals surface area contributed by atoms with Crippen LogP contribution in [-0.4, -0.2) is 42.5 Å². The Balaban J connectivity index is 2.01. The van der Waals surface area contributed by atoms with Gasteiger partial charge in [0.25, 0.3) is 0 Å². The molecule has 0 spiro atoms. The summed E-state index contributed by atoms with van der Waals surface area (Å²) in [6, 6.07) is 6.57. The van der Waals surface area contributed by atoms with E-state index >= 15 is 0 Å². The summed E-state index contributed by atoms with van der Waals surface area (Å²) < 4.78 is 15.1. The van der Waals surface area contributed by atoms with Gasteiger partial charge in [0.05, 0.1) is 18.4 Å². The molecule has 7 nitrogen and oxygen atoms in total. The van der Waals surface area contributed by atoms with Crippen LogP contribution in [-0.2, 0) is 14.3 Å². The average Bonchev–Trinajstić information content (AvgIpc) is 2.93. The zero-order chi connectivity index (χ0) is 20.1. The highest BCUT2D eigenvalue weighted by atomic mass is 35.5. The van der Waals surface area contributed by atoms with Crippen LogP contribution in [0.4, 0.5) is 0 Å². The van der Waals surface area contributed by atoms with Crippen molar-refractivity contribution in [3.8, 4) is 5.75 Å². The Morgan fingerprint density at radius 1 is 1.22 bits per heavy atom. The van der Waals surface area contributed by atoms with Crippen molar-refractivity contribution < 1.29 is 28.6 Å². The van der Waals surface area contributed by atoms with Gasteiger partial charge in [-0.15, -0.1) is 0 Å². The molecule has 1 atom stereocenters. The minimum Gasteiger partial charge on any atom is -0.482 e. The van der Waals surface area contributed by atoms with Gasteiger partial charge in [0.1, 0.15) is 5.75 Å². The lowest BCUT2D eigenvalue weighted by atomic mass is 10.1. The number of benzene rings is 1. The molecule has 1 aromatic heterocycles. The summed E-state index contributed by atoms with van der Waals surface area (Å²) in [6.45, 7) is 4.37. The van der Waals surface area contributed by atoms with Crippen molar-refractivity contribution in [2.45, 2.75) is 26.9 Å². The molecule has 0 saturated heterocycles. The molecule has 0 fully saturated rings. The number of aryl methyl sites for hydroxylation is 1. The molecule has 27 heavy (non-hydrogen) atoms. The maximum absolute atomic E-state index is 12.6. The van der Waals surface area contributed by atoms with Gasteiger partial charge in [-0.1, -0.05) is 17.7 Å². The Kier molecular flexibility index (Phi) is 6.63. The van der Waals surface area contributed by atoms with Crippen molar-refractivity contribution in [2.75, 3.05) is 13.7 Å². The van der Waals surface area contributed by atoms with Crippen LogP contribution in [0, 0.1) is 13.8 Å². The minimum atomic E-state index is -1.05. The van der Waals surface area contributed by atoms with Gasteiger partial charge in [-0.2, -0.15) is 0 Å². The number of H-pyrrole nitrogens is 1. The standard InChI is InChI=1S/C19H20ClNO6/c1-10-16(19(24)25-4)11(2)21-17(10)18(23)12(3)27-15(22)9-26-14-7-5-6-13(20)8-14/h5-8,12,21H,9H2,1-4H3/t12-/m1/s1. The third-order valence-electron chi connectivity index (χ3n) is 3.90. The van der Waals surface area contributed by atoms with E-state index in [0.29, 0.717) is 27.6 Å². The molecule has 0 saturated carbocycles. The summed E-state index contributed by atoms with van der Waals surface area (Å²) in [5.41, 5.74) is 1.44. The molecule has 0 aliphatic heterocycles. The quantitative estimate of drug-likeness (QED) is 0.573. The second kappa shape index (κ2) is 8.73. The van der Waals surface area contributed by atoms with Crippen molar-refractivity contribution in [1.29, 1.82) is 0 Å². The number of ketones is 1. The van der Waals surface area contributed by atoms with Crippen LogP contribution in [0.2, 0.25) is 5.02 Å². The van der Waals surface area contributed by atoms with Gasteiger partial charge >= 0.3 is 11.9 Å². The molecule has 0 aliphatic carbocycles. The van der Waals surface area contributed by atoms with Gasteiger partial charge < -0.3 is 19.2 Å². The first-order valence-electron chi connectivity index (χ1n) is 8.14. The Morgan fingerprint density at radius 3 is 2.56 bits per heavy atom. The summed E-state index contributed by atoms with van der Waals surface area (Å²) in [5, 5.41) is 0.475. The number of carbonyl (C=O) groups is 3. The topological polar surface area (TPSA) is 94.7 Å². The second-order valence-corrected chi connectivity index (χ2v) is 6.30. The fourth-order valence-electron chi connectivity index (χ4n) is 2.59. The molecule has 2 aromatic rings. The molecule has 1 heterocycles. The zero-order valence-electron chi connectivity index (χ0n) is 15.4. The fourth-order valence-corrected chi connectivity index (χ4v) is 2.77. The van der Waals surface area contributed by atoms with E-state index in [-0.39, 0.29) is 12.3 Å². The molecule has 0 amide bonds. The van der Waals surface area contributed by atoms with E-state index in [1.165, 1.54) is 14.0 Å². The van der Waals surface area contributed by atoms with Crippen molar-refractivity contribution in [1.82, 2.24) is 4.98 Å². The Hall–Kier alpha value is -2.80. The lowest BCUT2D eigenvalue weighted by Crippen LogP contribution is -2.28. The number of carbonyl (C=O) groups excluding carboxylic acids is 3. The molecular weight excluding hydrogens is 374 g/mol. The molecular formula is C19H20ClNO6. The Labute approximate surface area is 161 Å². The van der Waals surface area contributed by atoms with Crippen molar-refractivity contribution >= 4 is 29.3 Å². The van der Waals surface area contributed by atoms with Crippen molar-refractivity contribution in [3.05, 3.63) is 51.8 Å². The zero-order valence-corrected chi connectivity index (χ0v) is 16.2. The molecule has 0 unspecified atom stereocenters. The molecule has 2 rings (SSSR count). The normalized spacial score (nSPS) is 11.6. The molecule has 0 radical (unpaired) electrons. The summed E-state index contributed by atoms with van der Waals surface area (Å²) >= 11 is 5.84. The maximum Gasteiger partial charge on any atom is 0.344 e. The number of aromatic amines is 1. The average molecular weight is 394 g/mol. The largest absolute Gasteiger partial charge is 0.482 e. The van der Waals surface area contributed by atoms with Gasteiger partial charge in [0.2, 0.25) is 5.78 Å². The number of rotatable bonds is 7. The SMILES string of the molecule is COC(=O)c1c(C)[nH]c(C(=O)[C@@H](C)OC(=O)COc2cccc(Cl)c2)c1C. The van der Waals surface area contributed by atoms with Gasteiger partial charge in [0, 0.05) is 10.7 Å². The van der Waals surface area contributed by atoms with Crippen LogP contribution < -0.4 is 4.74 Å². The Morgan fingerprint density at radius 2 is 1.93 bits per heavy atom. The van der Waals surface area contributed by atoms with E-state index in [4.69, 9.17) is 25.8 Å². The lowest BCUT2D eigenvalue weighted by molar-refractivity contribution is -0.148. The van der Waals surface area contributed by atoms with Crippen LogP contribution in [0.1, 0.15) is 39.0 Å². The van der Waals surface area contributed by atoms with E-state index in [2.05, 4.69) is 4.98 Å². The van der Waals surface area contributed by atoms with Gasteiger partial charge in [-0.3, -0.25) is 4.79 Å². The van der Waals surface area contributed by atoms with Gasteiger partial charge in [-0.25, -0.2) is 9.59 Å². The van der Waals surface area contributed by atoms with E-state index in [0.717, 1.165) is 0 Å². The van der Waals surface area contributed by atoms with Gasteiger partial charge in [-0.05, 0) is 44.5 Å². The van der Waals surface area contributed by atoms with Crippen LogP contribution in [0.15, 0.2) is 24.3 Å². The number of esters is 2. The summed E-state index contributed by atoms with van der Waals surface area (Å²) in [7, 11) is 1.26. The molecule has 1 N–H and O–H groups in total. The van der Waals surface area contributed by atoms with Crippen LogP contribution >= 0.6 is 11.6 Å². The predicted octanol–water partition coefficient (Wildman–Crippen LogP) is 3.26. The number of aromatic nitrogens is 1. The maximum atomic E-state index is 12.6. The smallest absolute Gasteiger partial charge is 0.344 e. The lowest BCUT2D eigenvalue weighted by Gasteiger charge is -2.13. The first-order chi connectivity index (χ1) is 12.7. The third kappa shape index (κ3) is 4.89. The highest BCUT2D eigenvalue weighted by Crippen LogP contribution is 2.21. The summed E-state index contributed by atoms with van der Waals surface area (Å²) in [5.74, 6) is -1.29. The number of hydrogen-bond acceptors (Lipinski definition) is 6. The fraction of sp³-hybridized carbons (Fsp3) is 0.316. The number of nitrogens with one attached hydrogen (secondary N) is 1. The molecule has 8 heteroatoms. The first-order valence-corrected chi connectivity index (χ1v) is 8.52. The number of hydrogen-bond donors (Lipinski definition) is 1. The first kappa shape index (κ1) is 20.5. The van der Waals surface area contributed by atoms with Crippen molar-refractivity contribution in [3.63, 3.8) is 0 Å². The molecule has 144 valence electrons. The second-order valence-electron chi connectivity index (χ2n) is 5.86. The van der Waals surface area contributed by atoms with Crippen LogP contribution in [0.5, 0.6) is 5.75 Å². The van der Waals surface area contributed by atoms with Crippen LogP contribution in [0.3, 0.4) is 0 Å².